The van der Waals surface area contributed by atoms with Crippen LogP contribution in [-0.4, -0.2) is 45.2 Å². The lowest BCUT2D eigenvalue weighted by Crippen LogP contribution is -2.28. The third-order valence-corrected chi connectivity index (χ3v) is 4.05. The third kappa shape index (κ3) is 2.75. The van der Waals surface area contributed by atoms with E-state index in [0.29, 0.717) is 24.6 Å². The summed E-state index contributed by atoms with van der Waals surface area (Å²) >= 11 is 0. The van der Waals surface area contributed by atoms with Crippen molar-refractivity contribution in [2.24, 2.45) is 5.92 Å². The van der Waals surface area contributed by atoms with Crippen LogP contribution in [0.2, 0.25) is 0 Å². The van der Waals surface area contributed by atoms with Crippen LogP contribution in [0.3, 0.4) is 0 Å². The molecule has 2 aromatic rings. The predicted octanol–water partition coefficient (Wildman–Crippen LogP) is 0.521. The van der Waals surface area contributed by atoms with Crippen molar-refractivity contribution in [2.75, 3.05) is 18.7 Å². The smallest absolute Gasteiger partial charge is 0.232 e. The van der Waals surface area contributed by atoms with Crippen LogP contribution >= 0.6 is 0 Å². The van der Waals surface area contributed by atoms with E-state index in [4.69, 9.17) is 9.47 Å². The monoisotopic (exact) mass is 329 g/mol. The van der Waals surface area contributed by atoms with Gasteiger partial charge in [0.05, 0.1) is 5.92 Å². The molecule has 2 amide bonds. The van der Waals surface area contributed by atoms with E-state index in [-0.39, 0.29) is 31.0 Å². The van der Waals surface area contributed by atoms with Crippen molar-refractivity contribution in [1.82, 2.24) is 20.1 Å². The highest BCUT2D eigenvalue weighted by Crippen LogP contribution is 2.33. The second kappa shape index (κ2) is 5.84. The van der Waals surface area contributed by atoms with Crippen LogP contribution < -0.4 is 14.8 Å². The summed E-state index contributed by atoms with van der Waals surface area (Å²) in [7, 11) is 0. The number of anilines is 1. The van der Waals surface area contributed by atoms with E-state index < -0.39 is 5.92 Å². The van der Waals surface area contributed by atoms with E-state index in [2.05, 4.69) is 20.5 Å². The average molecular weight is 329 g/mol. The standard InChI is InChI=1S/C15H15N5O4/c21-13-4-10(14(22)18-15-16-7-17-19-15)6-20(13)5-9-1-2-11-12(3-9)24-8-23-11/h1-3,7,10H,4-6,8H2,(H2,16,17,18,19,22). The van der Waals surface area contributed by atoms with Crippen molar-refractivity contribution < 1.29 is 19.1 Å². The lowest BCUT2D eigenvalue weighted by Gasteiger charge is -2.16. The molecule has 1 aromatic carbocycles. The predicted molar refractivity (Wildman–Crippen MR) is 81.1 cm³/mol. The second-order valence-corrected chi connectivity index (χ2v) is 5.69. The van der Waals surface area contributed by atoms with E-state index in [9.17, 15) is 9.59 Å². The summed E-state index contributed by atoms with van der Waals surface area (Å²) in [6.45, 7) is 1.01. The molecule has 0 radical (unpaired) electrons. The first-order valence-electron chi connectivity index (χ1n) is 7.51. The molecule has 0 aliphatic carbocycles. The van der Waals surface area contributed by atoms with Gasteiger partial charge in [0, 0.05) is 19.5 Å². The Balaban J connectivity index is 1.40. The molecule has 2 aliphatic heterocycles. The molecule has 0 spiro atoms. The summed E-state index contributed by atoms with van der Waals surface area (Å²) in [5.74, 6) is 0.964. The summed E-state index contributed by atoms with van der Waals surface area (Å²) < 4.78 is 10.6. The minimum Gasteiger partial charge on any atom is -0.454 e. The fourth-order valence-electron chi connectivity index (χ4n) is 2.84. The van der Waals surface area contributed by atoms with Crippen molar-refractivity contribution >= 4 is 17.8 Å². The second-order valence-electron chi connectivity index (χ2n) is 5.69. The Bertz CT molecular complexity index is 776. The number of likely N-dealkylation sites (tertiary alicyclic amines) is 1. The van der Waals surface area contributed by atoms with Crippen LogP contribution in [0.4, 0.5) is 5.95 Å². The van der Waals surface area contributed by atoms with Gasteiger partial charge < -0.3 is 14.4 Å². The fourth-order valence-corrected chi connectivity index (χ4v) is 2.84. The molecule has 2 N–H and O–H groups in total. The first kappa shape index (κ1) is 14.5. The molecule has 1 aromatic heterocycles. The molecular weight excluding hydrogens is 314 g/mol. The molecule has 3 heterocycles. The van der Waals surface area contributed by atoms with Gasteiger partial charge in [0.1, 0.15) is 6.33 Å². The molecule has 9 heteroatoms. The number of hydrogen-bond donors (Lipinski definition) is 2. The molecule has 1 atom stereocenters. The zero-order chi connectivity index (χ0) is 16.5. The first-order chi connectivity index (χ1) is 11.7. The number of ether oxygens (including phenoxy) is 2. The number of aromatic amines is 1. The van der Waals surface area contributed by atoms with Gasteiger partial charge in [0.2, 0.25) is 24.6 Å². The Morgan fingerprint density at radius 3 is 3.08 bits per heavy atom. The van der Waals surface area contributed by atoms with Gasteiger partial charge in [-0.25, -0.2) is 5.10 Å². The Morgan fingerprint density at radius 2 is 2.25 bits per heavy atom. The maximum atomic E-state index is 12.2. The lowest BCUT2D eigenvalue weighted by molar-refractivity contribution is -0.128. The number of carbonyl (C=O) groups is 2. The highest BCUT2D eigenvalue weighted by Gasteiger charge is 2.34. The average Bonchev–Trinajstić information content (AvgIpc) is 3.29. The van der Waals surface area contributed by atoms with E-state index in [1.807, 2.05) is 18.2 Å². The number of benzene rings is 1. The molecule has 0 bridgehead atoms. The van der Waals surface area contributed by atoms with Gasteiger partial charge in [-0.15, -0.1) is 0 Å². The summed E-state index contributed by atoms with van der Waals surface area (Å²) in [6, 6.07) is 5.58. The summed E-state index contributed by atoms with van der Waals surface area (Å²) in [5, 5.41) is 8.85. The van der Waals surface area contributed by atoms with Gasteiger partial charge in [-0.1, -0.05) is 6.07 Å². The number of carbonyl (C=O) groups excluding carboxylic acids is 2. The maximum Gasteiger partial charge on any atom is 0.232 e. The van der Waals surface area contributed by atoms with Crippen LogP contribution in [-0.2, 0) is 16.1 Å². The first-order valence-corrected chi connectivity index (χ1v) is 7.51. The van der Waals surface area contributed by atoms with Gasteiger partial charge in [0.25, 0.3) is 0 Å². The zero-order valence-corrected chi connectivity index (χ0v) is 12.7. The quantitative estimate of drug-likeness (QED) is 0.846. The van der Waals surface area contributed by atoms with Gasteiger partial charge in [0.15, 0.2) is 11.5 Å². The molecule has 0 saturated carbocycles. The molecule has 1 unspecified atom stereocenters. The highest BCUT2D eigenvalue weighted by atomic mass is 16.7. The van der Waals surface area contributed by atoms with E-state index in [1.165, 1.54) is 6.33 Å². The van der Waals surface area contributed by atoms with Crippen LogP contribution in [0.15, 0.2) is 24.5 Å². The zero-order valence-electron chi connectivity index (χ0n) is 12.7. The van der Waals surface area contributed by atoms with E-state index in [1.54, 1.807) is 4.90 Å². The van der Waals surface area contributed by atoms with E-state index in [0.717, 1.165) is 5.56 Å². The normalized spacial score (nSPS) is 18.9. The van der Waals surface area contributed by atoms with Gasteiger partial charge in [-0.05, 0) is 17.7 Å². The van der Waals surface area contributed by atoms with Crippen LogP contribution in [0, 0.1) is 5.92 Å². The van der Waals surface area contributed by atoms with Gasteiger partial charge in [-0.2, -0.15) is 10.1 Å². The number of nitrogens with zero attached hydrogens (tertiary/aromatic N) is 3. The van der Waals surface area contributed by atoms with Crippen LogP contribution in [0.1, 0.15) is 12.0 Å². The Labute approximate surface area is 137 Å². The minimum atomic E-state index is -0.406. The van der Waals surface area contributed by atoms with E-state index >= 15 is 0 Å². The maximum absolute atomic E-state index is 12.2. The van der Waals surface area contributed by atoms with Crippen LogP contribution in [0.25, 0.3) is 0 Å². The number of hydrogen-bond acceptors (Lipinski definition) is 6. The fraction of sp³-hybridized carbons (Fsp3) is 0.333. The highest BCUT2D eigenvalue weighted by molar-refractivity contribution is 5.96. The topological polar surface area (TPSA) is 109 Å². The van der Waals surface area contributed by atoms with Gasteiger partial charge >= 0.3 is 0 Å². The Hall–Kier alpha value is -3.10. The molecule has 124 valence electrons. The number of aromatic nitrogens is 3. The van der Waals surface area contributed by atoms with Gasteiger partial charge in [-0.3, -0.25) is 14.9 Å². The molecule has 9 nitrogen and oxygen atoms in total. The number of nitrogens with one attached hydrogen (secondary N) is 2. The van der Waals surface area contributed by atoms with Crippen molar-refractivity contribution in [1.29, 1.82) is 0 Å². The molecule has 1 saturated heterocycles. The Morgan fingerprint density at radius 1 is 1.38 bits per heavy atom. The number of rotatable bonds is 4. The lowest BCUT2D eigenvalue weighted by atomic mass is 10.1. The summed E-state index contributed by atoms with van der Waals surface area (Å²) in [5.41, 5.74) is 0.934. The van der Waals surface area contributed by atoms with Crippen molar-refractivity contribution in [3.05, 3.63) is 30.1 Å². The molecule has 1 fully saturated rings. The van der Waals surface area contributed by atoms with Crippen LogP contribution in [0.5, 0.6) is 11.5 Å². The minimum absolute atomic E-state index is 0.0506. The third-order valence-electron chi connectivity index (χ3n) is 4.05. The molecular formula is C15H15N5O4. The SMILES string of the molecule is O=C(Nc1ncn[nH]1)C1CC(=O)N(Cc2ccc3c(c2)OCO3)C1. The number of amides is 2. The van der Waals surface area contributed by atoms with Crippen molar-refractivity contribution in [3.63, 3.8) is 0 Å². The Kier molecular flexibility index (Phi) is 3.52. The summed E-state index contributed by atoms with van der Waals surface area (Å²) in [4.78, 5) is 29.9. The number of fused-ring (bicyclic) bond motifs is 1. The number of H-pyrrole nitrogens is 1. The van der Waals surface area contributed by atoms with Crippen molar-refractivity contribution in [3.8, 4) is 11.5 Å². The molecule has 4 rings (SSSR count). The van der Waals surface area contributed by atoms with Crippen molar-refractivity contribution in [2.45, 2.75) is 13.0 Å². The largest absolute Gasteiger partial charge is 0.454 e. The summed E-state index contributed by atoms with van der Waals surface area (Å²) in [6.07, 6.45) is 1.49. The molecule has 24 heavy (non-hydrogen) atoms. The molecule has 2 aliphatic rings.